The topological polar surface area (TPSA) is 175 Å². The number of nitrogens with zero attached hydrogens (tertiary/aromatic N) is 1. The zero-order valence-electron chi connectivity index (χ0n) is 23.2. The van der Waals surface area contributed by atoms with Gasteiger partial charge in [0, 0.05) is 23.4 Å². The van der Waals surface area contributed by atoms with E-state index in [9.17, 15) is 29.3 Å². The molecule has 2 atom stereocenters. The number of rotatable bonds is 10. The Labute approximate surface area is 231 Å². The number of carbonyl (C=O) groups is 4. The highest BCUT2D eigenvalue weighted by molar-refractivity contribution is 5.97. The lowest BCUT2D eigenvalue weighted by atomic mass is 10.1. The van der Waals surface area contributed by atoms with E-state index in [0.717, 1.165) is 0 Å². The molecule has 0 heterocycles. The van der Waals surface area contributed by atoms with Crippen LogP contribution < -0.4 is 20.7 Å². The van der Waals surface area contributed by atoms with Crippen molar-refractivity contribution in [1.29, 1.82) is 0 Å². The summed E-state index contributed by atoms with van der Waals surface area (Å²) in [5.74, 6) is -1.34. The van der Waals surface area contributed by atoms with Gasteiger partial charge in [-0.2, -0.15) is 0 Å². The molecule has 0 saturated carbocycles. The summed E-state index contributed by atoms with van der Waals surface area (Å²) in [6, 6.07) is 10.4. The van der Waals surface area contributed by atoms with Gasteiger partial charge >= 0.3 is 12.2 Å². The Morgan fingerprint density at radius 1 is 0.925 bits per heavy atom. The van der Waals surface area contributed by atoms with E-state index in [1.807, 2.05) is 0 Å². The van der Waals surface area contributed by atoms with Crippen molar-refractivity contribution in [2.24, 2.45) is 5.92 Å². The van der Waals surface area contributed by atoms with Crippen molar-refractivity contribution < 1.29 is 38.3 Å². The Balaban J connectivity index is 1.84. The van der Waals surface area contributed by atoms with E-state index < -0.39 is 46.7 Å². The lowest BCUT2D eigenvalue weighted by Gasteiger charge is -2.26. The number of ether oxygens (including phenoxy) is 3. The summed E-state index contributed by atoms with van der Waals surface area (Å²) in [6.07, 6.45) is -2.82. The van der Waals surface area contributed by atoms with Gasteiger partial charge in [0.2, 0.25) is 5.91 Å². The van der Waals surface area contributed by atoms with Crippen LogP contribution in [0.4, 0.5) is 21.0 Å². The summed E-state index contributed by atoms with van der Waals surface area (Å²) in [5.41, 5.74) is 0.358. The van der Waals surface area contributed by atoms with Crippen LogP contribution >= 0.6 is 0 Å². The zero-order chi connectivity index (χ0) is 30.0. The molecular weight excluding hydrogens is 524 g/mol. The van der Waals surface area contributed by atoms with Gasteiger partial charge in [-0.15, -0.1) is 0 Å². The second kappa shape index (κ2) is 13.9. The van der Waals surface area contributed by atoms with E-state index >= 15 is 0 Å². The van der Waals surface area contributed by atoms with Crippen LogP contribution in [0.5, 0.6) is 5.75 Å². The van der Waals surface area contributed by atoms with E-state index in [2.05, 4.69) is 16.0 Å². The van der Waals surface area contributed by atoms with E-state index in [4.69, 9.17) is 14.2 Å². The predicted octanol–water partition coefficient (Wildman–Crippen LogP) is 4.30. The molecule has 0 radical (unpaired) electrons. The summed E-state index contributed by atoms with van der Waals surface area (Å²) < 4.78 is 15.3. The first-order valence-corrected chi connectivity index (χ1v) is 12.4. The van der Waals surface area contributed by atoms with Crippen molar-refractivity contribution >= 4 is 35.4 Å². The van der Waals surface area contributed by atoms with Crippen LogP contribution in [0.2, 0.25) is 0 Å². The molecule has 2 rings (SSSR count). The molecule has 40 heavy (non-hydrogen) atoms. The van der Waals surface area contributed by atoms with Gasteiger partial charge in [-0.1, -0.05) is 26.0 Å². The second-order valence-electron chi connectivity index (χ2n) is 10.3. The zero-order valence-corrected chi connectivity index (χ0v) is 23.2. The van der Waals surface area contributed by atoms with Gasteiger partial charge in [-0.25, -0.2) is 9.59 Å². The van der Waals surface area contributed by atoms with E-state index in [1.165, 1.54) is 31.2 Å². The van der Waals surface area contributed by atoms with Crippen LogP contribution in [-0.2, 0) is 25.7 Å². The molecule has 2 aromatic carbocycles. The number of non-ortho nitro benzene ring substituents is 1. The number of hydrogen-bond acceptors (Lipinski definition) is 9. The molecule has 3 N–H and O–H groups in total. The van der Waals surface area contributed by atoms with Gasteiger partial charge in [0.25, 0.3) is 11.6 Å². The lowest BCUT2D eigenvalue weighted by molar-refractivity contribution is -0.384. The molecule has 0 fully saturated rings. The van der Waals surface area contributed by atoms with Crippen molar-refractivity contribution in [3.8, 4) is 5.75 Å². The fourth-order valence-electron chi connectivity index (χ4n) is 3.14. The van der Waals surface area contributed by atoms with Crippen LogP contribution in [0.3, 0.4) is 0 Å². The molecule has 0 saturated heterocycles. The molecular formula is C27H34N4O9. The first-order valence-electron chi connectivity index (χ1n) is 12.4. The maximum atomic E-state index is 12.7. The average molecular weight is 559 g/mol. The van der Waals surface area contributed by atoms with E-state index in [0.29, 0.717) is 11.3 Å². The molecule has 0 aromatic heterocycles. The number of nitro groups is 1. The molecule has 0 aliphatic carbocycles. The molecule has 0 spiro atoms. The average Bonchev–Trinajstić information content (AvgIpc) is 2.85. The Bertz CT molecular complexity index is 1210. The minimum Gasteiger partial charge on any atom is -0.436 e. The Kier molecular flexibility index (Phi) is 11.0. The first-order chi connectivity index (χ1) is 18.6. The van der Waals surface area contributed by atoms with E-state index in [-0.39, 0.29) is 24.0 Å². The summed E-state index contributed by atoms with van der Waals surface area (Å²) in [7, 11) is 0. The van der Waals surface area contributed by atoms with Gasteiger partial charge < -0.3 is 30.2 Å². The Morgan fingerprint density at radius 2 is 1.52 bits per heavy atom. The summed E-state index contributed by atoms with van der Waals surface area (Å²) in [4.78, 5) is 59.4. The second-order valence-corrected chi connectivity index (χ2v) is 10.3. The number of anilines is 1. The van der Waals surface area contributed by atoms with Gasteiger partial charge in [-0.3, -0.25) is 19.7 Å². The molecule has 216 valence electrons. The molecule has 0 aliphatic heterocycles. The molecule has 13 heteroatoms. The van der Waals surface area contributed by atoms with Gasteiger partial charge in [0.05, 0.1) is 4.92 Å². The van der Waals surface area contributed by atoms with Crippen LogP contribution in [0.25, 0.3) is 0 Å². The van der Waals surface area contributed by atoms with Crippen LogP contribution in [0.1, 0.15) is 47.1 Å². The number of nitrogens with one attached hydrogen (secondary N) is 3. The lowest BCUT2D eigenvalue weighted by Crippen LogP contribution is -2.50. The highest BCUT2D eigenvalue weighted by Crippen LogP contribution is 2.18. The third kappa shape index (κ3) is 10.6. The molecule has 13 nitrogen and oxygen atoms in total. The minimum absolute atomic E-state index is 0.0920. The van der Waals surface area contributed by atoms with E-state index in [1.54, 1.807) is 58.9 Å². The Hall–Kier alpha value is -4.68. The van der Waals surface area contributed by atoms with Gasteiger partial charge in [-0.05, 0) is 63.4 Å². The van der Waals surface area contributed by atoms with Crippen molar-refractivity contribution in [2.75, 3.05) is 5.32 Å². The Morgan fingerprint density at radius 3 is 2.05 bits per heavy atom. The molecule has 0 bridgehead atoms. The SMILES string of the molecule is CC(C)[C@H](OC(=O)NC(C)(C)C)C(=O)N[C@@H](C)C(=O)Nc1ccc(COC(=O)Oc2ccc([N+](=O)[O-])cc2)cc1. The predicted molar refractivity (Wildman–Crippen MR) is 145 cm³/mol. The van der Waals surface area contributed by atoms with Crippen LogP contribution in [0, 0.1) is 16.0 Å². The van der Waals surface area contributed by atoms with Crippen LogP contribution in [-0.4, -0.2) is 46.7 Å². The molecule has 3 amide bonds. The van der Waals surface area contributed by atoms with Crippen LogP contribution in [0.15, 0.2) is 48.5 Å². The van der Waals surface area contributed by atoms with Crippen molar-refractivity contribution in [2.45, 2.75) is 65.8 Å². The maximum absolute atomic E-state index is 12.7. The molecule has 2 aromatic rings. The molecule has 0 unspecified atom stereocenters. The monoisotopic (exact) mass is 558 g/mol. The molecule has 0 aliphatic rings. The smallest absolute Gasteiger partial charge is 0.436 e. The number of carbonyl (C=O) groups excluding carboxylic acids is 4. The maximum Gasteiger partial charge on any atom is 0.514 e. The number of amides is 3. The third-order valence-electron chi connectivity index (χ3n) is 5.15. The first kappa shape index (κ1) is 31.5. The number of alkyl carbamates (subject to hydrolysis) is 1. The summed E-state index contributed by atoms with van der Waals surface area (Å²) in [5, 5.41) is 18.5. The summed E-state index contributed by atoms with van der Waals surface area (Å²) >= 11 is 0. The normalized spacial score (nSPS) is 12.5. The number of nitro benzene ring substituents is 1. The number of benzene rings is 2. The van der Waals surface area contributed by atoms with Crippen molar-refractivity contribution in [1.82, 2.24) is 10.6 Å². The fraction of sp³-hybridized carbons (Fsp3) is 0.407. The van der Waals surface area contributed by atoms with Crippen molar-refractivity contribution in [3.63, 3.8) is 0 Å². The van der Waals surface area contributed by atoms with Gasteiger partial charge in [0.15, 0.2) is 6.10 Å². The van der Waals surface area contributed by atoms with Crippen molar-refractivity contribution in [3.05, 3.63) is 64.2 Å². The highest BCUT2D eigenvalue weighted by atomic mass is 16.7. The standard InChI is InChI=1S/C27H34N4O9/c1-16(2)22(40-25(34)30-27(4,5)6)24(33)28-17(3)23(32)29-19-9-7-18(8-10-19)15-38-26(35)39-21-13-11-20(12-14-21)31(36)37/h7-14,16-17,22H,15H2,1-6H3,(H,28,33)(H,29,32)(H,30,34)/t17-,22-/m0/s1. The quantitative estimate of drug-likeness (QED) is 0.166. The largest absolute Gasteiger partial charge is 0.514 e. The highest BCUT2D eigenvalue weighted by Gasteiger charge is 2.30. The fourth-order valence-corrected chi connectivity index (χ4v) is 3.14. The van der Waals surface area contributed by atoms with Gasteiger partial charge in [0.1, 0.15) is 18.4 Å². The third-order valence-corrected chi connectivity index (χ3v) is 5.15. The minimum atomic E-state index is -1.09. The number of hydrogen-bond donors (Lipinski definition) is 3. The summed E-state index contributed by atoms with van der Waals surface area (Å²) in [6.45, 7) is 10.2.